The Morgan fingerprint density at radius 2 is 1.62 bits per heavy atom. The molecule has 0 aliphatic heterocycles. The van der Waals surface area contributed by atoms with Gasteiger partial charge in [-0.15, -0.1) is 0 Å². The second-order valence-corrected chi connectivity index (χ2v) is 5.98. The molecule has 26 heavy (non-hydrogen) atoms. The molecule has 0 unspecified atom stereocenters. The van der Waals surface area contributed by atoms with E-state index in [1.165, 1.54) is 18.2 Å². The molecule has 0 saturated heterocycles. The van der Waals surface area contributed by atoms with Crippen LogP contribution >= 0.6 is 0 Å². The first-order valence-electron chi connectivity index (χ1n) is 8.16. The number of amides is 2. The third kappa shape index (κ3) is 4.54. The predicted molar refractivity (Wildman–Crippen MR) is 98.6 cm³/mol. The van der Waals surface area contributed by atoms with Gasteiger partial charge in [-0.05, 0) is 49.2 Å². The lowest BCUT2D eigenvalue weighted by molar-refractivity contribution is -0.385. The minimum absolute atomic E-state index is 0.0224. The number of benzene rings is 2. The highest BCUT2D eigenvalue weighted by Gasteiger charge is 2.29. The van der Waals surface area contributed by atoms with Crippen molar-refractivity contribution in [3.05, 3.63) is 70.3 Å². The van der Waals surface area contributed by atoms with Crippen LogP contribution in [0.2, 0.25) is 0 Å². The van der Waals surface area contributed by atoms with Gasteiger partial charge in [0.15, 0.2) is 0 Å². The maximum atomic E-state index is 12.0. The van der Waals surface area contributed by atoms with E-state index in [-0.39, 0.29) is 17.5 Å². The second kappa shape index (κ2) is 7.60. The van der Waals surface area contributed by atoms with Gasteiger partial charge in [0.1, 0.15) is 0 Å². The number of carbonyl (C=O) groups is 2. The molecule has 0 radical (unpaired) electrons. The van der Waals surface area contributed by atoms with Crippen molar-refractivity contribution in [2.45, 2.75) is 12.8 Å². The van der Waals surface area contributed by atoms with E-state index in [9.17, 15) is 19.7 Å². The van der Waals surface area contributed by atoms with Crippen LogP contribution in [0.3, 0.4) is 0 Å². The van der Waals surface area contributed by atoms with Gasteiger partial charge in [0.05, 0.1) is 10.5 Å². The van der Waals surface area contributed by atoms with Crippen molar-refractivity contribution in [1.82, 2.24) is 0 Å². The fourth-order valence-corrected chi connectivity index (χ4v) is 2.37. The Morgan fingerprint density at radius 1 is 1.00 bits per heavy atom. The summed E-state index contributed by atoms with van der Waals surface area (Å²) in [6, 6.07) is 13.0. The van der Waals surface area contributed by atoms with Crippen LogP contribution in [-0.2, 0) is 9.59 Å². The Morgan fingerprint density at radius 3 is 2.23 bits per heavy atom. The zero-order valence-electron chi connectivity index (χ0n) is 13.8. The molecule has 2 aromatic rings. The van der Waals surface area contributed by atoms with Gasteiger partial charge in [0, 0.05) is 29.4 Å². The highest BCUT2D eigenvalue weighted by atomic mass is 16.6. The molecule has 3 rings (SSSR count). The van der Waals surface area contributed by atoms with Crippen molar-refractivity contribution in [2.24, 2.45) is 5.92 Å². The zero-order valence-corrected chi connectivity index (χ0v) is 13.8. The Kier molecular flexibility index (Phi) is 5.07. The monoisotopic (exact) mass is 351 g/mol. The van der Waals surface area contributed by atoms with E-state index >= 15 is 0 Å². The summed E-state index contributed by atoms with van der Waals surface area (Å²) in [5.74, 6) is -0.256. The van der Waals surface area contributed by atoms with E-state index in [0.717, 1.165) is 12.8 Å². The van der Waals surface area contributed by atoms with E-state index < -0.39 is 10.8 Å². The molecule has 0 bridgehead atoms. The number of anilines is 2. The largest absolute Gasteiger partial charge is 0.326 e. The van der Waals surface area contributed by atoms with Crippen LogP contribution in [0.25, 0.3) is 6.08 Å². The number of nitrogens with one attached hydrogen (secondary N) is 2. The number of hydrogen-bond acceptors (Lipinski definition) is 4. The van der Waals surface area contributed by atoms with E-state index in [1.54, 1.807) is 42.5 Å². The molecule has 0 spiro atoms. The predicted octanol–water partition coefficient (Wildman–Crippen LogP) is 3.60. The number of para-hydroxylation sites is 1. The average Bonchev–Trinajstić information content (AvgIpc) is 3.47. The zero-order chi connectivity index (χ0) is 18.5. The third-order valence-corrected chi connectivity index (χ3v) is 3.92. The van der Waals surface area contributed by atoms with Gasteiger partial charge in [0.2, 0.25) is 11.8 Å². The summed E-state index contributed by atoms with van der Waals surface area (Å²) >= 11 is 0. The standard InChI is InChI=1S/C19H17N3O4/c23-18(12-7-13-3-1-2-4-17(13)22(25)26)20-15-8-10-16(11-9-15)21-19(24)14-5-6-14/h1-4,7-12,14H,5-6H2,(H,20,23)(H,21,24)/b12-7+. The van der Waals surface area contributed by atoms with Gasteiger partial charge in [0.25, 0.3) is 5.69 Å². The highest BCUT2D eigenvalue weighted by Crippen LogP contribution is 2.30. The van der Waals surface area contributed by atoms with Crippen molar-refractivity contribution in [3.8, 4) is 0 Å². The Balaban J connectivity index is 1.59. The summed E-state index contributed by atoms with van der Waals surface area (Å²) in [5, 5.41) is 16.4. The van der Waals surface area contributed by atoms with E-state index in [4.69, 9.17) is 0 Å². The second-order valence-electron chi connectivity index (χ2n) is 5.98. The Bertz CT molecular complexity index is 871. The molecular formula is C19H17N3O4. The Labute approximate surface area is 149 Å². The molecule has 1 aliphatic carbocycles. The summed E-state index contributed by atoms with van der Waals surface area (Å²) in [4.78, 5) is 34.1. The van der Waals surface area contributed by atoms with Crippen LogP contribution in [0.4, 0.5) is 17.1 Å². The number of carbonyl (C=O) groups excluding carboxylic acids is 2. The summed E-state index contributed by atoms with van der Waals surface area (Å²) < 4.78 is 0. The summed E-state index contributed by atoms with van der Waals surface area (Å²) in [6.45, 7) is 0. The quantitative estimate of drug-likeness (QED) is 0.472. The number of hydrogen-bond donors (Lipinski definition) is 2. The lowest BCUT2D eigenvalue weighted by Crippen LogP contribution is -2.13. The van der Waals surface area contributed by atoms with Crippen molar-refractivity contribution in [2.75, 3.05) is 10.6 Å². The minimum atomic E-state index is -0.494. The minimum Gasteiger partial charge on any atom is -0.326 e. The molecule has 7 nitrogen and oxygen atoms in total. The molecule has 1 fully saturated rings. The number of nitro groups is 1. The molecule has 0 heterocycles. The van der Waals surface area contributed by atoms with Gasteiger partial charge in [-0.1, -0.05) is 12.1 Å². The first-order valence-corrected chi connectivity index (χ1v) is 8.16. The summed E-state index contributed by atoms with van der Waals surface area (Å²) in [6.07, 6.45) is 4.51. The molecular weight excluding hydrogens is 334 g/mol. The maximum Gasteiger partial charge on any atom is 0.276 e. The van der Waals surface area contributed by atoms with E-state index in [2.05, 4.69) is 10.6 Å². The number of nitrogens with zero attached hydrogens (tertiary/aromatic N) is 1. The first-order chi connectivity index (χ1) is 12.5. The van der Waals surface area contributed by atoms with Gasteiger partial charge >= 0.3 is 0 Å². The van der Waals surface area contributed by atoms with Crippen LogP contribution < -0.4 is 10.6 Å². The molecule has 1 saturated carbocycles. The van der Waals surface area contributed by atoms with Crippen LogP contribution in [0.1, 0.15) is 18.4 Å². The normalized spacial score (nSPS) is 13.4. The molecule has 2 amide bonds. The lowest BCUT2D eigenvalue weighted by atomic mass is 10.1. The molecule has 2 N–H and O–H groups in total. The fraction of sp³-hybridized carbons (Fsp3) is 0.158. The van der Waals surface area contributed by atoms with Crippen molar-refractivity contribution in [3.63, 3.8) is 0 Å². The van der Waals surface area contributed by atoms with Gasteiger partial charge < -0.3 is 10.6 Å². The molecule has 2 aromatic carbocycles. The van der Waals surface area contributed by atoms with Crippen LogP contribution in [0.15, 0.2) is 54.6 Å². The topological polar surface area (TPSA) is 101 Å². The van der Waals surface area contributed by atoms with E-state index in [1.807, 2.05) is 0 Å². The number of rotatable bonds is 6. The lowest BCUT2D eigenvalue weighted by Gasteiger charge is -2.06. The van der Waals surface area contributed by atoms with Gasteiger partial charge in [-0.2, -0.15) is 0 Å². The first kappa shape index (κ1) is 17.3. The van der Waals surface area contributed by atoms with Gasteiger partial charge in [-0.25, -0.2) is 0 Å². The summed E-state index contributed by atoms with van der Waals surface area (Å²) in [5.41, 5.74) is 1.53. The Hall–Kier alpha value is -3.48. The average molecular weight is 351 g/mol. The smallest absolute Gasteiger partial charge is 0.276 e. The maximum absolute atomic E-state index is 12.0. The van der Waals surface area contributed by atoms with Gasteiger partial charge in [-0.3, -0.25) is 19.7 Å². The SMILES string of the molecule is O=C(/C=C/c1ccccc1[N+](=O)[O-])Nc1ccc(NC(=O)C2CC2)cc1. The van der Waals surface area contributed by atoms with Crippen LogP contribution in [-0.4, -0.2) is 16.7 Å². The van der Waals surface area contributed by atoms with Crippen LogP contribution in [0.5, 0.6) is 0 Å². The summed E-state index contributed by atoms with van der Waals surface area (Å²) in [7, 11) is 0. The van der Waals surface area contributed by atoms with Crippen molar-refractivity contribution < 1.29 is 14.5 Å². The van der Waals surface area contributed by atoms with E-state index in [0.29, 0.717) is 16.9 Å². The number of nitro benzene ring substituents is 1. The highest BCUT2D eigenvalue weighted by molar-refractivity contribution is 6.02. The molecule has 1 aliphatic rings. The van der Waals surface area contributed by atoms with Crippen molar-refractivity contribution >= 4 is 35.0 Å². The molecule has 132 valence electrons. The van der Waals surface area contributed by atoms with Crippen molar-refractivity contribution in [1.29, 1.82) is 0 Å². The van der Waals surface area contributed by atoms with Crippen LogP contribution in [0, 0.1) is 16.0 Å². The molecule has 0 atom stereocenters. The fourth-order valence-electron chi connectivity index (χ4n) is 2.37. The third-order valence-electron chi connectivity index (χ3n) is 3.92. The molecule has 0 aromatic heterocycles. The molecule has 7 heteroatoms.